The molecule has 2 fully saturated rings. The van der Waals surface area contributed by atoms with Gasteiger partial charge in [0.05, 0.1) is 24.0 Å². The summed E-state index contributed by atoms with van der Waals surface area (Å²) in [5.74, 6) is -2.20. The normalized spacial score (nSPS) is 19.4. The lowest BCUT2D eigenvalue weighted by atomic mass is 9.93. The lowest BCUT2D eigenvalue weighted by Crippen LogP contribution is -2.24. The van der Waals surface area contributed by atoms with E-state index in [4.69, 9.17) is 9.47 Å². The molecule has 0 aromatic carbocycles. The number of hydrogen-bond acceptors (Lipinski definition) is 9. The minimum atomic E-state index is -0.866. The van der Waals surface area contributed by atoms with Gasteiger partial charge >= 0.3 is 6.09 Å². The number of thiazole rings is 1. The molecule has 42 heavy (non-hydrogen) atoms. The Labute approximate surface area is 243 Å². The summed E-state index contributed by atoms with van der Waals surface area (Å²) >= 11 is 1.20. The minimum Gasteiger partial charge on any atom is -0.442 e. The number of halogens is 2. The zero-order valence-corrected chi connectivity index (χ0v) is 23.9. The molecule has 0 aliphatic heterocycles. The van der Waals surface area contributed by atoms with Crippen molar-refractivity contribution in [1.29, 1.82) is 0 Å². The fourth-order valence-corrected chi connectivity index (χ4v) is 5.68. The van der Waals surface area contributed by atoms with Crippen LogP contribution in [0.3, 0.4) is 0 Å². The van der Waals surface area contributed by atoms with E-state index < -0.39 is 29.4 Å². The third kappa shape index (κ3) is 5.95. The minimum absolute atomic E-state index is 0.000618. The second-order valence-corrected chi connectivity index (χ2v) is 11.6. The maximum Gasteiger partial charge on any atom is 0.435 e. The molecule has 0 bridgehead atoms. The van der Waals surface area contributed by atoms with Crippen molar-refractivity contribution in [3.63, 3.8) is 0 Å². The number of ether oxygens (including phenoxy) is 2. The summed E-state index contributed by atoms with van der Waals surface area (Å²) in [6.07, 6.45) is 9.08. The Balaban J connectivity index is 1.22. The number of hydrogen-bond donors (Lipinski definition) is 1. The summed E-state index contributed by atoms with van der Waals surface area (Å²) in [6.45, 7) is 4.47. The van der Waals surface area contributed by atoms with Gasteiger partial charge in [-0.1, -0.05) is 0 Å². The number of carbonyl (C=O) groups excluding carboxylic acids is 2. The van der Waals surface area contributed by atoms with Crippen LogP contribution in [0.2, 0.25) is 0 Å². The van der Waals surface area contributed by atoms with E-state index in [0.29, 0.717) is 17.2 Å². The van der Waals surface area contributed by atoms with Gasteiger partial charge in [-0.2, -0.15) is 19.3 Å². The number of nitrogens with zero attached hydrogens (tertiary/aromatic N) is 6. The largest absolute Gasteiger partial charge is 0.442 e. The summed E-state index contributed by atoms with van der Waals surface area (Å²) in [5, 5.41) is 13.4. The highest BCUT2D eigenvalue weighted by Gasteiger charge is 2.42. The van der Waals surface area contributed by atoms with Crippen LogP contribution in [-0.4, -0.2) is 59.8 Å². The molecule has 4 aromatic heterocycles. The highest BCUT2D eigenvalue weighted by atomic mass is 32.1. The predicted molar refractivity (Wildman–Crippen MR) is 149 cm³/mol. The maximum atomic E-state index is 14.8. The zero-order valence-electron chi connectivity index (χ0n) is 23.0. The SMILES string of the molecule is CCO[C@H]1CC[C@H](n2cc(NC(=O)c3csc(-c4cnn(C(=O)OC5(C)CC5)c4)n3)c(-c3nc(F)ccc3F)n2)CC1. The molecule has 0 atom stereocenters. The van der Waals surface area contributed by atoms with E-state index in [1.54, 1.807) is 16.3 Å². The Morgan fingerprint density at radius 2 is 1.90 bits per heavy atom. The second-order valence-electron chi connectivity index (χ2n) is 10.7. The molecule has 0 spiro atoms. The number of carbonyl (C=O) groups is 2. The van der Waals surface area contributed by atoms with Crippen LogP contribution < -0.4 is 5.32 Å². The van der Waals surface area contributed by atoms with Crippen molar-refractivity contribution in [3.8, 4) is 22.0 Å². The van der Waals surface area contributed by atoms with Gasteiger partial charge in [0.1, 0.15) is 27.7 Å². The van der Waals surface area contributed by atoms with Crippen molar-refractivity contribution >= 4 is 29.0 Å². The lowest BCUT2D eigenvalue weighted by Gasteiger charge is -2.28. The average Bonchev–Trinajstić information content (AvgIpc) is 3.41. The topological polar surface area (TPSA) is 126 Å². The molecule has 2 aliphatic rings. The molecule has 4 aromatic rings. The molecule has 0 saturated heterocycles. The standard InChI is InChI=1S/C28H29F2N7O4S/c1-3-40-18-6-4-17(5-7-18)36-14-20(24(35-36)23-19(29)8-9-22(30)34-23)32-25(38)21-15-42-26(33-21)16-12-31-37(13-16)27(39)41-28(2)10-11-28/h8-9,12-15,17-18H,3-7,10-11H2,1-2H3,(H,32,38)/t17-,18-. The molecular weight excluding hydrogens is 568 g/mol. The summed E-state index contributed by atoms with van der Waals surface area (Å²) in [6, 6.07) is 1.90. The molecule has 11 nitrogen and oxygen atoms in total. The van der Waals surface area contributed by atoms with Crippen LogP contribution in [0, 0.1) is 11.8 Å². The van der Waals surface area contributed by atoms with Gasteiger partial charge in [-0.3, -0.25) is 9.48 Å². The van der Waals surface area contributed by atoms with Gasteiger partial charge in [-0.15, -0.1) is 11.3 Å². The molecule has 2 aliphatic carbocycles. The summed E-state index contributed by atoms with van der Waals surface area (Å²) in [5.41, 5.74) is 0.105. The third-order valence-electron chi connectivity index (χ3n) is 7.48. The van der Waals surface area contributed by atoms with E-state index in [-0.39, 0.29) is 34.9 Å². The maximum absolute atomic E-state index is 14.8. The molecule has 220 valence electrons. The van der Waals surface area contributed by atoms with Gasteiger partial charge in [-0.05, 0) is 64.5 Å². The van der Waals surface area contributed by atoms with Gasteiger partial charge in [0.25, 0.3) is 5.91 Å². The quantitative estimate of drug-likeness (QED) is 0.251. The number of pyridine rings is 1. The molecule has 14 heteroatoms. The van der Waals surface area contributed by atoms with E-state index in [1.165, 1.54) is 23.7 Å². The van der Waals surface area contributed by atoms with Crippen LogP contribution in [0.25, 0.3) is 22.0 Å². The molecule has 1 N–H and O–H groups in total. The van der Waals surface area contributed by atoms with Crippen molar-refractivity contribution in [3.05, 3.63) is 53.6 Å². The Morgan fingerprint density at radius 1 is 1.12 bits per heavy atom. The average molecular weight is 598 g/mol. The van der Waals surface area contributed by atoms with Gasteiger partial charge in [0, 0.05) is 29.9 Å². The van der Waals surface area contributed by atoms with Crippen molar-refractivity contribution in [1.82, 2.24) is 29.5 Å². The van der Waals surface area contributed by atoms with Crippen LogP contribution in [0.4, 0.5) is 19.3 Å². The third-order valence-corrected chi connectivity index (χ3v) is 8.37. The Bertz CT molecular complexity index is 1620. The lowest BCUT2D eigenvalue weighted by molar-refractivity contribution is 0.0260. The van der Waals surface area contributed by atoms with Crippen LogP contribution in [0.5, 0.6) is 0 Å². The zero-order chi connectivity index (χ0) is 29.4. The number of anilines is 1. The number of amides is 1. The first kappa shape index (κ1) is 28.1. The fourth-order valence-electron chi connectivity index (χ4n) is 4.91. The van der Waals surface area contributed by atoms with Crippen LogP contribution in [0.1, 0.15) is 68.9 Å². The smallest absolute Gasteiger partial charge is 0.435 e. The molecule has 6 rings (SSSR count). The number of rotatable bonds is 8. The first-order valence-corrected chi connectivity index (χ1v) is 14.7. The predicted octanol–water partition coefficient (Wildman–Crippen LogP) is 5.85. The van der Waals surface area contributed by atoms with Crippen LogP contribution in [-0.2, 0) is 9.47 Å². The fraction of sp³-hybridized carbons (Fsp3) is 0.429. The summed E-state index contributed by atoms with van der Waals surface area (Å²) in [4.78, 5) is 33.7. The van der Waals surface area contributed by atoms with Gasteiger partial charge in [0.15, 0.2) is 5.82 Å². The van der Waals surface area contributed by atoms with Crippen LogP contribution >= 0.6 is 11.3 Å². The molecule has 0 radical (unpaired) electrons. The molecule has 1 amide bonds. The van der Waals surface area contributed by atoms with E-state index >= 15 is 0 Å². The Morgan fingerprint density at radius 3 is 2.64 bits per heavy atom. The van der Waals surface area contributed by atoms with Gasteiger partial charge < -0.3 is 14.8 Å². The van der Waals surface area contributed by atoms with Gasteiger partial charge in [0.2, 0.25) is 5.95 Å². The van der Waals surface area contributed by atoms with E-state index in [2.05, 4.69) is 25.5 Å². The van der Waals surface area contributed by atoms with E-state index in [0.717, 1.165) is 55.3 Å². The molecule has 2 saturated carbocycles. The van der Waals surface area contributed by atoms with Crippen molar-refractivity contribution in [2.24, 2.45) is 0 Å². The molecule has 0 unspecified atom stereocenters. The number of nitrogens with one attached hydrogen (secondary N) is 1. The number of aromatic nitrogens is 6. The monoisotopic (exact) mass is 597 g/mol. The van der Waals surface area contributed by atoms with E-state index in [1.807, 2.05) is 13.8 Å². The van der Waals surface area contributed by atoms with Crippen molar-refractivity contribution in [2.75, 3.05) is 11.9 Å². The van der Waals surface area contributed by atoms with Gasteiger partial charge in [-0.25, -0.2) is 19.2 Å². The Hall–Kier alpha value is -4.04. The van der Waals surface area contributed by atoms with E-state index in [9.17, 15) is 18.4 Å². The highest BCUT2D eigenvalue weighted by molar-refractivity contribution is 7.13. The van der Waals surface area contributed by atoms with Crippen molar-refractivity contribution in [2.45, 2.75) is 70.1 Å². The first-order chi connectivity index (χ1) is 20.2. The summed E-state index contributed by atoms with van der Waals surface area (Å²) in [7, 11) is 0. The highest BCUT2D eigenvalue weighted by Crippen LogP contribution is 2.39. The molecule has 4 heterocycles. The van der Waals surface area contributed by atoms with Crippen LogP contribution in [0.15, 0.2) is 36.1 Å². The summed E-state index contributed by atoms with van der Waals surface area (Å²) < 4.78 is 42.7. The Kier molecular flexibility index (Phi) is 7.58. The first-order valence-electron chi connectivity index (χ1n) is 13.8. The van der Waals surface area contributed by atoms with Crippen molar-refractivity contribution < 1.29 is 27.8 Å². The second kappa shape index (κ2) is 11.3. The molecular formula is C28H29F2N7O4S.